The van der Waals surface area contributed by atoms with Crippen molar-refractivity contribution in [1.82, 2.24) is 9.55 Å². The van der Waals surface area contributed by atoms with E-state index in [4.69, 9.17) is 14.2 Å². The van der Waals surface area contributed by atoms with Gasteiger partial charge in [0.15, 0.2) is 0 Å². The number of carbonyl (C=O) groups is 1. The fraction of sp³-hybridized carbons (Fsp3) is 0.161. The van der Waals surface area contributed by atoms with Crippen molar-refractivity contribution in [1.29, 1.82) is 0 Å². The van der Waals surface area contributed by atoms with Crippen LogP contribution in [0.15, 0.2) is 84.9 Å². The summed E-state index contributed by atoms with van der Waals surface area (Å²) in [5, 5.41) is 10.1. The van der Waals surface area contributed by atoms with Crippen LogP contribution in [-0.2, 0) is 12.4 Å². The molecule has 5 rings (SSSR count). The Morgan fingerprint density at radius 3 is 1.86 bits per heavy atom. The van der Waals surface area contributed by atoms with Crippen molar-refractivity contribution < 1.29 is 50.5 Å². The molecule has 1 N–H and O–H groups in total. The SMILES string of the molecule is CC(C)Oc1ccc(-n2c(C(=O)O)cc3c(Oc4cccc(C(F)(F)F)c4)nc(Oc4cccc(C(F)(F)F)c4)cc32)cc1. The van der Waals surface area contributed by atoms with Crippen LogP contribution in [0.5, 0.6) is 29.0 Å². The maximum Gasteiger partial charge on any atom is 0.416 e. The predicted molar refractivity (Wildman–Crippen MR) is 147 cm³/mol. The minimum atomic E-state index is -4.68. The second-order valence-corrected chi connectivity index (χ2v) is 9.78. The second-order valence-electron chi connectivity index (χ2n) is 9.78. The van der Waals surface area contributed by atoms with Crippen LogP contribution in [0.4, 0.5) is 26.3 Å². The van der Waals surface area contributed by atoms with Crippen LogP contribution in [0.2, 0.25) is 0 Å². The summed E-state index contributed by atoms with van der Waals surface area (Å²) in [6.07, 6.45) is -9.47. The molecule has 0 amide bonds. The molecule has 0 saturated heterocycles. The number of benzene rings is 3. The molecule has 0 atom stereocenters. The fourth-order valence-corrected chi connectivity index (χ4v) is 4.36. The molecule has 0 bridgehead atoms. The molecule has 228 valence electrons. The smallest absolute Gasteiger partial charge is 0.416 e. The van der Waals surface area contributed by atoms with Crippen LogP contribution < -0.4 is 14.2 Å². The molecular weight excluding hydrogens is 594 g/mol. The molecule has 7 nitrogen and oxygen atoms in total. The van der Waals surface area contributed by atoms with E-state index in [9.17, 15) is 36.2 Å². The third-order valence-electron chi connectivity index (χ3n) is 6.19. The Labute approximate surface area is 245 Å². The summed E-state index contributed by atoms with van der Waals surface area (Å²) in [5.41, 5.74) is -1.76. The molecule has 0 aliphatic carbocycles. The number of carboxylic acid groups (broad SMARTS) is 1. The lowest BCUT2D eigenvalue weighted by Crippen LogP contribution is -2.08. The molecular formula is C31H22F6N2O5. The first-order chi connectivity index (χ1) is 20.7. The number of fused-ring (bicyclic) bond motifs is 1. The lowest BCUT2D eigenvalue weighted by atomic mass is 10.2. The van der Waals surface area contributed by atoms with E-state index in [0.717, 1.165) is 36.4 Å². The molecule has 0 unspecified atom stereocenters. The second kappa shape index (κ2) is 11.5. The van der Waals surface area contributed by atoms with Crippen molar-refractivity contribution in [3.05, 3.63) is 102 Å². The van der Waals surface area contributed by atoms with Gasteiger partial charge in [-0.3, -0.25) is 0 Å². The number of aromatic nitrogens is 2. The highest BCUT2D eigenvalue weighted by Crippen LogP contribution is 2.39. The number of pyridine rings is 1. The number of rotatable bonds is 8. The first-order valence-electron chi connectivity index (χ1n) is 13.0. The Kier molecular flexibility index (Phi) is 7.89. The normalized spacial score (nSPS) is 12.0. The van der Waals surface area contributed by atoms with E-state index in [0.29, 0.717) is 11.4 Å². The van der Waals surface area contributed by atoms with E-state index in [1.165, 1.54) is 28.8 Å². The van der Waals surface area contributed by atoms with Gasteiger partial charge in [-0.2, -0.15) is 31.3 Å². The zero-order chi connectivity index (χ0) is 31.8. The topological polar surface area (TPSA) is 82.8 Å². The van der Waals surface area contributed by atoms with Gasteiger partial charge in [-0.1, -0.05) is 12.1 Å². The standard InChI is InChI=1S/C31H22F6N2O5/c1-17(2)42-21-11-9-20(10-12-21)39-25-16-27(43-22-7-3-5-18(13-22)30(32,33)34)38-28(24(25)15-26(39)29(40)41)44-23-8-4-6-19(14-23)31(35,36)37/h3-17H,1-2H3,(H,40,41). The van der Waals surface area contributed by atoms with E-state index in [1.54, 1.807) is 24.3 Å². The highest BCUT2D eigenvalue weighted by Gasteiger charge is 2.32. The van der Waals surface area contributed by atoms with Crippen molar-refractivity contribution in [3.8, 4) is 34.7 Å². The number of ether oxygens (including phenoxy) is 3. The Bertz CT molecular complexity index is 1830. The van der Waals surface area contributed by atoms with Crippen molar-refractivity contribution in [2.45, 2.75) is 32.3 Å². The van der Waals surface area contributed by atoms with E-state index >= 15 is 0 Å². The zero-order valence-electron chi connectivity index (χ0n) is 22.9. The molecule has 0 aliphatic rings. The number of halogens is 6. The first-order valence-corrected chi connectivity index (χ1v) is 13.0. The number of hydrogen-bond donors (Lipinski definition) is 1. The summed E-state index contributed by atoms with van der Waals surface area (Å²) in [4.78, 5) is 16.5. The van der Waals surface area contributed by atoms with E-state index < -0.39 is 29.4 Å². The average Bonchev–Trinajstić information content (AvgIpc) is 3.33. The van der Waals surface area contributed by atoms with Crippen LogP contribution in [0.3, 0.4) is 0 Å². The van der Waals surface area contributed by atoms with Crippen molar-refractivity contribution >= 4 is 16.9 Å². The van der Waals surface area contributed by atoms with Crippen LogP contribution in [-0.4, -0.2) is 26.7 Å². The van der Waals surface area contributed by atoms with Crippen molar-refractivity contribution in [2.75, 3.05) is 0 Å². The summed E-state index contributed by atoms with van der Waals surface area (Å²) >= 11 is 0. The van der Waals surface area contributed by atoms with Gasteiger partial charge in [0.2, 0.25) is 11.8 Å². The minimum absolute atomic E-state index is 0.0821. The van der Waals surface area contributed by atoms with Gasteiger partial charge >= 0.3 is 18.3 Å². The summed E-state index contributed by atoms with van der Waals surface area (Å²) in [6.45, 7) is 3.67. The number of hydrogen-bond acceptors (Lipinski definition) is 5. The van der Waals surface area contributed by atoms with Gasteiger partial charge in [-0.15, -0.1) is 0 Å². The third kappa shape index (κ3) is 6.56. The van der Waals surface area contributed by atoms with Crippen LogP contribution >= 0.6 is 0 Å². The Morgan fingerprint density at radius 1 is 0.773 bits per heavy atom. The molecule has 0 saturated carbocycles. The van der Waals surface area contributed by atoms with Crippen molar-refractivity contribution in [2.24, 2.45) is 0 Å². The zero-order valence-corrected chi connectivity index (χ0v) is 22.9. The Hall–Kier alpha value is -5.20. The van der Waals surface area contributed by atoms with Crippen LogP contribution in [0.1, 0.15) is 35.5 Å². The molecule has 2 aromatic heterocycles. The molecule has 0 fully saturated rings. The lowest BCUT2D eigenvalue weighted by Gasteiger charge is -2.14. The van der Waals surface area contributed by atoms with Crippen LogP contribution in [0.25, 0.3) is 16.6 Å². The predicted octanol–water partition coefficient (Wildman–Crippen LogP) is 9.13. The molecule has 13 heteroatoms. The maximum atomic E-state index is 13.4. The molecule has 44 heavy (non-hydrogen) atoms. The molecule has 0 spiro atoms. The average molecular weight is 617 g/mol. The van der Waals surface area contributed by atoms with Gasteiger partial charge in [0, 0.05) is 11.8 Å². The first kappa shape index (κ1) is 30.3. The lowest BCUT2D eigenvalue weighted by molar-refractivity contribution is -0.138. The highest BCUT2D eigenvalue weighted by atomic mass is 19.4. The quantitative estimate of drug-likeness (QED) is 0.175. The van der Waals surface area contributed by atoms with E-state index in [-0.39, 0.29) is 46.0 Å². The number of aromatic carboxylic acids is 1. The maximum absolute atomic E-state index is 13.4. The monoisotopic (exact) mass is 616 g/mol. The van der Waals surface area contributed by atoms with Crippen LogP contribution in [0, 0.1) is 0 Å². The Morgan fingerprint density at radius 2 is 1.34 bits per heavy atom. The fourth-order valence-electron chi connectivity index (χ4n) is 4.36. The van der Waals surface area contributed by atoms with Gasteiger partial charge in [0.1, 0.15) is 22.9 Å². The highest BCUT2D eigenvalue weighted by molar-refractivity contribution is 5.98. The molecule has 0 aliphatic heterocycles. The molecule has 5 aromatic rings. The van der Waals surface area contributed by atoms with Crippen molar-refractivity contribution in [3.63, 3.8) is 0 Å². The minimum Gasteiger partial charge on any atom is -0.491 e. The molecule has 3 aromatic carbocycles. The van der Waals surface area contributed by atoms with E-state index in [2.05, 4.69) is 4.98 Å². The Balaban J connectivity index is 1.68. The van der Waals surface area contributed by atoms with E-state index in [1.807, 2.05) is 13.8 Å². The van der Waals surface area contributed by atoms with Gasteiger partial charge in [-0.05, 0) is 80.6 Å². The van der Waals surface area contributed by atoms with Gasteiger partial charge in [0.05, 0.1) is 28.1 Å². The molecule has 0 radical (unpaired) electrons. The number of nitrogens with zero attached hydrogens (tertiary/aromatic N) is 2. The molecule has 2 heterocycles. The summed E-state index contributed by atoms with van der Waals surface area (Å²) in [5.74, 6) is -2.01. The number of alkyl halides is 6. The van der Waals surface area contributed by atoms with Gasteiger partial charge < -0.3 is 23.9 Å². The number of carboxylic acids is 1. The van der Waals surface area contributed by atoms with Gasteiger partial charge in [0.25, 0.3) is 0 Å². The van der Waals surface area contributed by atoms with Gasteiger partial charge in [-0.25, -0.2) is 4.79 Å². The largest absolute Gasteiger partial charge is 0.491 e. The summed E-state index contributed by atoms with van der Waals surface area (Å²) < 4.78 is 98.4. The third-order valence-corrected chi connectivity index (χ3v) is 6.19. The summed E-state index contributed by atoms with van der Waals surface area (Å²) in [6, 6.07) is 16.8. The summed E-state index contributed by atoms with van der Waals surface area (Å²) in [7, 11) is 0.